The molecule has 1 saturated carbocycles. The zero-order chi connectivity index (χ0) is 29.9. The summed E-state index contributed by atoms with van der Waals surface area (Å²) in [4.78, 5) is 44.0. The third kappa shape index (κ3) is 6.77. The van der Waals surface area contributed by atoms with Gasteiger partial charge in [0.25, 0.3) is 11.5 Å². The Kier molecular flexibility index (Phi) is 9.47. The van der Waals surface area contributed by atoms with Gasteiger partial charge in [0.05, 0.1) is 17.7 Å². The maximum atomic E-state index is 13.6. The van der Waals surface area contributed by atoms with Crippen molar-refractivity contribution in [2.24, 2.45) is 17.3 Å². The Labute approximate surface area is 245 Å². The van der Waals surface area contributed by atoms with Crippen molar-refractivity contribution in [1.82, 2.24) is 14.4 Å². The van der Waals surface area contributed by atoms with E-state index in [1.54, 1.807) is 18.1 Å². The molecule has 1 unspecified atom stereocenters. The van der Waals surface area contributed by atoms with Gasteiger partial charge in [0.2, 0.25) is 5.91 Å². The molecule has 1 aromatic heterocycles. The largest absolute Gasteiger partial charge is 0.387 e. The van der Waals surface area contributed by atoms with Crippen LogP contribution in [-0.2, 0) is 11.3 Å². The lowest BCUT2D eigenvalue weighted by Gasteiger charge is -2.51. The summed E-state index contributed by atoms with van der Waals surface area (Å²) in [5, 5.41) is 12.0. The monoisotopic (exact) mass is 563 g/mol. The Balaban J connectivity index is 1.57. The van der Waals surface area contributed by atoms with Crippen molar-refractivity contribution in [2.75, 3.05) is 20.1 Å². The van der Waals surface area contributed by atoms with Gasteiger partial charge in [0.1, 0.15) is 0 Å². The zero-order valence-electron chi connectivity index (χ0n) is 25.9. The minimum absolute atomic E-state index is 0.0167. The van der Waals surface area contributed by atoms with Gasteiger partial charge < -0.3 is 19.5 Å². The average Bonchev–Trinajstić information content (AvgIpc) is 2.95. The normalized spacial score (nSPS) is 22.0. The Morgan fingerprint density at radius 1 is 1.07 bits per heavy atom. The van der Waals surface area contributed by atoms with Crippen molar-refractivity contribution in [3.05, 3.63) is 58.5 Å². The third-order valence-corrected chi connectivity index (χ3v) is 9.75. The highest BCUT2D eigenvalue weighted by molar-refractivity contribution is 6.00. The summed E-state index contributed by atoms with van der Waals surface area (Å²) in [6.45, 7) is 10.8. The molecule has 2 aromatic rings. The first-order chi connectivity index (χ1) is 19.3. The lowest BCUT2D eigenvalue weighted by atomic mass is 9.69. The van der Waals surface area contributed by atoms with Crippen LogP contribution in [0.15, 0.2) is 47.4 Å². The van der Waals surface area contributed by atoms with Crippen LogP contribution < -0.4 is 5.56 Å². The van der Waals surface area contributed by atoms with Gasteiger partial charge in [-0.05, 0) is 38.2 Å². The summed E-state index contributed by atoms with van der Waals surface area (Å²) < 4.78 is 1.48. The Morgan fingerprint density at radius 2 is 1.73 bits per heavy atom. The summed E-state index contributed by atoms with van der Waals surface area (Å²) in [6.07, 6.45) is 9.19. The number of nitrogens with zero attached hydrogens (tertiary/aromatic N) is 3. The molecule has 2 atom stereocenters. The number of carbonyl (C=O) groups is 2. The number of rotatable bonds is 8. The van der Waals surface area contributed by atoms with E-state index in [0.29, 0.717) is 36.6 Å². The summed E-state index contributed by atoms with van der Waals surface area (Å²) in [5.74, 6) is 0.598. The van der Waals surface area contributed by atoms with Crippen molar-refractivity contribution in [3.8, 4) is 11.1 Å². The molecule has 1 aromatic carbocycles. The van der Waals surface area contributed by atoms with Crippen LogP contribution in [0.3, 0.4) is 0 Å². The van der Waals surface area contributed by atoms with Gasteiger partial charge in [-0.2, -0.15) is 0 Å². The first-order valence-electron chi connectivity index (χ1n) is 15.4. The van der Waals surface area contributed by atoms with E-state index >= 15 is 0 Å². The highest BCUT2D eigenvalue weighted by atomic mass is 16.3. The number of hydrogen-bond acceptors (Lipinski definition) is 4. The molecule has 4 rings (SSSR count). The van der Waals surface area contributed by atoms with Crippen LogP contribution in [0.2, 0.25) is 0 Å². The maximum absolute atomic E-state index is 13.6. The molecule has 2 heterocycles. The molecule has 41 heavy (non-hydrogen) atoms. The number of aliphatic hydroxyl groups is 1. The smallest absolute Gasteiger partial charge is 0.255 e. The molecular weight excluding hydrogens is 514 g/mol. The fraction of sp³-hybridized carbons (Fsp3) is 0.618. The summed E-state index contributed by atoms with van der Waals surface area (Å²) in [7, 11) is 1.76. The minimum Gasteiger partial charge on any atom is -0.387 e. The van der Waals surface area contributed by atoms with Crippen LogP contribution in [0.4, 0.5) is 0 Å². The van der Waals surface area contributed by atoms with E-state index in [0.717, 1.165) is 12.0 Å². The van der Waals surface area contributed by atoms with Crippen molar-refractivity contribution in [1.29, 1.82) is 0 Å². The van der Waals surface area contributed by atoms with Gasteiger partial charge in [0.15, 0.2) is 0 Å². The number of hydrogen-bond donors (Lipinski definition) is 1. The van der Waals surface area contributed by atoms with E-state index in [4.69, 9.17) is 0 Å². The Morgan fingerprint density at radius 3 is 2.34 bits per heavy atom. The van der Waals surface area contributed by atoms with Crippen LogP contribution in [0, 0.1) is 17.3 Å². The summed E-state index contributed by atoms with van der Waals surface area (Å²) in [5.41, 5.74) is -0.330. The molecule has 7 nitrogen and oxygen atoms in total. The number of piperidine rings is 1. The number of pyridine rings is 1. The van der Waals surface area contributed by atoms with Crippen LogP contribution in [0.25, 0.3) is 11.1 Å². The molecule has 2 amide bonds. The fourth-order valence-electron chi connectivity index (χ4n) is 6.61. The maximum Gasteiger partial charge on any atom is 0.255 e. The van der Waals surface area contributed by atoms with Gasteiger partial charge in [-0.3, -0.25) is 14.4 Å². The van der Waals surface area contributed by atoms with Crippen LogP contribution in [-0.4, -0.2) is 63.1 Å². The highest BCUT2D eigenvalue weighted by Crippen LogP contribution is 2.41. The molecule has 1 aliphatic carbocycles. The average molecular weight is 564 g/mol. The number of benzene rings is 1. The number of likely N-dealkylation sites (tertiary alicyclic amines) is 1. The number of carbonyl (C=O) groups excluding carboxylic acids is 2. The van der Waals surface area contributed by atoms with Crippen molar-refractivity contribution >= 4 is 11.8 Å². The van der Waals surface area contributed by atoms with Crippen molar-refractivity contribution < 1.29 is 14.7 Å². The second kappa shape index (κ2) is 12.5. The first-order valence-corrected chi connectivity index (χ1v) is 15.4. The molecule has 0 spiro atoms. The van der Waals surface area contributed by atoms with Crippen molar-refractivity contribution in [3.63, 3.8) is 0 Å². The first kappa shape index (κ1) is 31.0. The van der Waals surface area contributed by atoms with E-state index in [2.05, 4.69) is 0 Å². The molecule has 1 saturated heterocycles. The second-order valence-electron chi connectivity index (χ2n) is 13.5. The second-order valence-corrected chi connectivity index (χ2v) is 13.5. The van der Waals surface area contributed by atoms with Crippen molar-refractivity contribution in [2.45, 2.75) is 97.8 Å². The van der Waals surface area contributed by atoms with E-state index in [1.165, 1.54) is 42.7 Å². The summed E-state index contributed by atoms with van der Waals surface area (Å²) in [6, 6.07) is 11.0. The van der Waals surface area contributed by atoms with Crippen LogP contribution >= 0.6 is 0 Å². The quantitative estimate of drug-likeness (QED) is 0.454. The van der Waals surface area contributed by atoms with E-state index in [1.807, 2.05) is 69.9 Å². The van der Waals surface area contributed by atoms with Crippen LogP contribution in [0.1, 0.15) is 89.9 Å². The molecule has 1 aliphatic heterocycles. The van der Waals surface area contributed by atoms with E-state index in [-0.39, 0.29) is 35.9 Å². The van der Waals surface area contributed by atoms with Gasteiger partial charge in [-0.15, -0.1) is 0 Å². The standard InChI is InChI=1S/C34H49N3O4/c1-24(2)35(6)32(40)29-21-37(30(38)20-28(29)27-15-11-8-12-16-27)23-34(41)17-18-36(22-33(34,4)5)31(39)25(3)19-26-13-9-7-10-14-26/h8,11-12,15-16,20-21,24-26,41H,7,9-10,13-14,17-19,22-23H2,1-6H3/t25?,34-/m1/s1. The highest BCUT2D eigenvalue weighted by Gasteiger charge is 2.49. The molecule has 1 N–H and O–H groups in total. The van der Waals surface area contributed by atoms with Crippen LogP contribution in [0.5, 0.6) is 0 Å². The fourth-order valence-corrected chi connectivity index (χ4v) is 6.61. The van der Waals surface area contributed by atoms with E-state index < -0.39 is 11.0 Å². The van der Waals surface area contributed by atoms with Gasteiger partial charge >= 0.3 is 0 Å². The molecular formula is C34H49N3O4. The zero-order valence-corrected chi connectivity index (χ0v) is 25.9. The van der Waals surface area contributed by atoms with Gasteiger partial charge in [0, 0.05) is 55.3 Å². The predicted octanol–water partition coefficient (Wildman–Crippen LogP) is 5.59. The third-order valence-electron chi connectivity index (χ3n) is 9.75. The summed E-state index contributed by atoms with van der Waals surface area (Å²) >= 11 is 0. The number of aromatic nitrogens is 1. The Bertz CT molecular complexity index is 1280. The lowest BCUT2D eigenvalue weighted by molar-refractivity contribution is -0.157. The van der Waals surface area contributed by atoms with Gasteiger partial charge in [-0.1, -0.05) is 83.2 Å². The molecule has 0 radical (unpaired) electrons. The van der Waals surface area contributed by atoms with E-state index in [9.17, 15) is 19.5 Å². The Hall–Kier alpha value is -2.93. The molecule has 2 aliphatic rings. The molecule has 7 heteroatoms. The lowest BCUT2D eigenvalue weighted by Crippen LogP contribution is -2.61. The molecule has 0 bridgehead atoms. The van der Waals surface area contributed by atoms with Gasteiger partial charge in [-0.25, -0.2) is 0 Å². The number of amides is 2. The topological polar surface area (TPSA) is 82.8 Å². The minimum atomic E-state index is -1.22. The SMILES string of the molecule is CC(CC1CCCCC1)C(=O)N1CC[C@@](O)(Cn2cc(C(=O)N(C)C(C)C)c(-c3ccccc3)cc2=O)C(C)(C)C1. The molecule has 224 valence electrons. The molecule has 2 fully saturated rings. The predicted molar refractivity (Wildman–Crippen MR) is 164 cm³/mol.